The number of hydrogen-bond acceptors (Lipinski definition) is 3. The fourth-order valence-corrected chi connectivity index (χ4v) is 2.72. The van der Waals surface area contributed by atoms with Gasteiger partial charge in [0.15, 0.2) is 0 Å². The van der Waals surface area contributed by atoms with Crippen molar-refractivity contribution in [3.05, 3.63) is 29.8 Å². The Balaban J connectivity index is 2.24. The fourth-order valence-electron chi connectivity index (χ4n) is 2.72. The summed E-state index contributed by atoms with van der Waals surface area (Å²) in [6.07, 6.45) is 0.959. The molecule has 120 valence electrons. The van der Waals surface area contributed by atoms with Gasteiger partial charge in [0.25, 0.3) is 0 Å². The van der Waals surface area contributed by atoms with Crippen molar-refractivity contribution in [1.82, 2.24) is 10.6 Å². The first-order valence-electron chi connectivity index (χ1n) is 7.55. The Hall–Kier alpha value is -2.04. The van der Waals surface area contributed by atoms with Crippen molar-refractivity contribution in [1.29, 1.82) is 0 Å². The van der Waals surface area contributed by atoms with Gasteiger partial charge < -0.3 is 15.4 Å². The van der Waals surface area contributed by atoms with E-state index < -0.39 is 6.04 Å². The summed E-state index contributed by atoms with van der Waals surface area (Å²) >= 11 is 0. The molecule has 2 N–H and O–H groups in total. The summed E-state index contributed by atoms with van der Waals surface area (Å²) in [5, 5.41) is 5.79. The third kappa shape index (κ3) is 3.59. The van der Waals surface area contributed by atoms with Crippen LogP contribution < -0.4 is 15.4 Å². The van der Waals surface area contributed by atoms with Crippen molar-refractivity contribution in [2.24, 2.45) is 5.41 Å². The molecular formula is C17H24N2O3. The quantitative estimate of drug-likeness (QED) is 0.896. The molecule has 5 heteroatoms. The summed E-state index contributed by atoms with van der Waals surface area (Å²) in [7, 11) is 1.62. The maximum Gasteiger partial charge on any atom is 0.243 e. The van der Waals surface area contributed by atoms with E-state index in [-0.39, 0.29) is 23.3 Å². The summed E-state index contributed by atoms with van der Waals surface area (Å²) in [6.45, 7) is 6.20. The largest absolute Gasteiger partial charge is 0.496 e. The SMILES string of the molecule is COc1ccccc1[C@H](NC(=O)[C@H]1CCC(=O)N1)C(C)(C)C. The number of amides is 2. The minimum Gasteiger partial charge on any atom is -0.496 e. The Morgan fingerprint density at radius 3 is 2.59 bits per heavy atom. The Bertz CT molecular complexity index is 563. The number of carbonyl (C=O) groups is 2. The van der Waals surface area contributed by atoms with Crippen LogP contribution in [-0.4, -0.2) is 25.0 Å². The number of benzene rings is 1. The van der Waals surface area contributed by atoms with Crippen LogP contribution in [0.3, 0.4) is 0 Å². The molecule has 0 aliphatic carbocycles. The van der Waals surface area contributed by atoms with E-state index in [1.807, 2.05) is 24.3 Å². The maximum absolute atomic E-state index is 12.5. The van der Waals surface area contributed by atoms with Crippen LogP contribution in [0.15, 0.2) is 24.3 Å². The average molecular weight is 304 g/mol. The summed E-state index contributed by atoms with van der Waals surface area (Å²) in [6, 6.07) is 7.04. The number of nitrogens with one attached hydrogen (secondary N) is 2. The van der Waals surface area contributed by atoms with Crippen LogP contribution in [-0.2, 0) is 9.59 Å². The molecule has 1 aliphatic heterocycles. The summed E-state index contributed by atoms with van der Waals surface area (Å²) in [5.41, 5.74) is 0.752. The number of carbonyl (C=O) groups excluding carboxylic acids is 2. The second-order valence-corrected chi connectivity index (χ2v) is 6.71. The van der Waals surface area contributed by atoms with Crippen LogP contribution in [0.1, 0.15) is 45.2 Å². The van der Waals surface area contributed by atoms with Crippen LogP contribution in [0.4, 0.5) is 0 Å². The van der Waals surface area contributed by atoms with E-state index in [9.17, 15) is 9.59 Å². The standard InChI is InChI=1S/C17H24N2O3/c1-17(2,3)15(11-7-5-6-8-13(11)22-4)19-16(21)12-9-10-14(20)18-12/h5-8,12,15H,9-10H2,1-4H3,(H,18,20)(H,19,21)/t12-,15+/m1/s1. The van der Waals surface area contributed by atoms with Gasteiger partial charge in [-0.25, -0.2) is 0 Å². The average Bonchev–Trinajstić information content (AvgIpc) is 2.90. The lowest BCUT2D eigenvalue weighted by atomic mass is 9.81. The molecule has 1 saturated heterocycles. The highest BCUT2D eigenvalue weighted by Gasteiger charge is 2.34. The number of ether oxygens (including phenoxy) is 1. The predicted octanol–water partition coefficient (Wildman–Crippen LogP) is 2.18. The lowest BCUT2D eigenvalue weighted by Gasteiger charge is -2.33. The van der Waals surface area contributed by atoms with Crippen LogP contribution in [0.25, 0.3) is 0 Å². The first-order chi connectivity index (χ1) is 10.3. The molecule has 0 unspecified atom stereocenters. The van der Waals surface area contributed by atoms with E-state index in [1.54, 1.807) is 7.11 Å². The number of rotatable bonds is 4. The third-order valence-corrected chi connectivity index (χ3v) is 3.91. The van der Waals surface area contributed by atoms with E-state index in [0.717, 1.165) is 11.3 Å². The zero-order valence-electron chi connectivity index (χ0n) is 13.6. The lowest BCUT2D eigenvalue weighted by molar-refractivity contribution is -0.126. The van der Waals surface area contributed by atoms with E-state index in [0.29, 0.717) is 12.8 Å². The van der Waals surface area contributed by atoms with Crippen LogP contribution in [0.5, 0.6) is 5.75 Å². The normalized spacial score (nSPS) is 19.5. The number of hydrogen-bond donors (Lipinski definition) is 2. The molecule has 22 heavy (non-hydrogen) atoms. The molecule has 1 aliphatic rings. The minimum atomic E-state index is -0.438. The predicted molar refractivity (Wildman–Crippen MR) is 84.5 cm³/mol. The molecule has 1 aromatic rings. The molecule has 1 heterocycles. The summed E-state index contributed by atoms with van der Waals surface area (Å²) in [4.78, 5) is 23.8. The molecule has 2 atom stereocenters. The molecule has 0 aromatic heterocycles. The van der Waals surface area contributed by atoms with Gasteiger partial charge in [-0.1, -0.05) is 39.0 Å². The first-order valence-corrected chi connectivity index (χ1v) is 7.55. The Morgan fingerprint density at radius 2 is 2.05 bits per heavy atom. The smallest absolute Gasteiger partial charge is 0.243 e. The van der Waals surface area contributed by atoms with Gasteiger partial charge in [-0.05, 0) is 17.9 Å². The van der Waals surface area contributed by atoms with Crippen molar-refractivity contribution in [2.75, 3.05) is 7.11 Å². The molecule has 0 spiro atoms. The third-order valence-electron chi connectivity index (χ3n) is 3.91. The van der Waals surface area contributed by atoms with Gasteiger partial charge in [0.05, 0.1) is 13.2 Å². The number of methoxy groups -OCH3 is 1. The molecule has 0 bridgehead atoms. The first kappa shape index (κ1) is 16.3. The van der Waals surface area contributed by atoms with Gasteiger partial charge in [0.1, 0.15) is 11.8 Å². The van der Waals surface area contributed by atoms with Crippen molar-refractivity contribution in [3.8, 4) is 5.75 Å². The second-order valence-electron chi connectivity index (χ2n) is 6.71. The van der Waals surface area contributed by atoms with Crippen molar-refractivity contribution in [2.45, 2.75) is 45.7 Å². The monoisotopic (exact) mass is 304 g/mol. The molecule has 2 amide bonds. The number of para-hydroxylation sites is 1. The van der Waals surface area contributed by atoms with Crippen LogP contribution >= 0.6 is 0 Å². The lowest BCUT2D eigenvalue weighted by Crippen LogP contribution is -2.46. The Morgan fingerprint density at radius 1 is 1.36 bits per heavy atom. The fraction of sp³-hybridized carbons (Fsp3) is 0.529. The molecule has 2 rings (SSSR count). The second kappa shape index (κ2) is 6.38. The van der Waals surface area contributed by atoms with E-state index in [1.165, 1.54) is 0 Å². The Kier molecular flexibility index (Phi) is 4.74. The molecular weight excluding hydrogens is 280 g/mol. The molecule has 1 fully saturated rings. The topological polar surface area (TPSA) is 67.4 Å². The highest BCUT2D eigenvalue weighted by molar-refractivity contribution is 5.91. The van der Waals surface area contributed by atoms with Crippen molar-refractivity contribution >= 4 is 11.8 Å². The molecule has 5 nitrogen and oxygen atoms in total. The van der Waals surface area contributed by atoms with E-state index in [2.05, 4.69) is 31.4 Å². The van der Waals surface area contributed by atoms with Crippen LogP contribution in [0, 0.1) is 5.41 Å². The highest BCUT2D eigenvalue weighted by Crippen LogP contribution is 2.37. The van der Waals surface area contributed by atoms with Gasteiger partial charge >= 0.3 is 0 Å². The zero-order valence-corrected chi connectivity index (χ0v) is 13.6. The summed E-state index contributed by atoms with van der Waals surface area (Å²) < 4.78 is 5.42. The minimum absolute atomic E-state index is 0.0650. The molecule has 0 saturated carbocycles. The Labute approximate surface area is 131 Å². The van der Waals surface area contributed by atoms with Gasteiger partial charge in [-0.3, -0.25) is 9.59 Å². The van der Waals surface area contributed by atoms with E-state index in [4.69, 9.17) is 4.74 Å². The van der Waals surface area contributed by atoms with Crippen molar-refractivity contribution in [3.63, 3.8) is 0 Å². The molecule has 1 aromatic carbocycles. The van der Waals surface area contributed by atoms with Gasteiger partial charge in [-0.15, -0.1) is 0 Å². The van der Waals surface area contributed by atoms with Gasteiger partial charge in [0.2, 0.25) is 11.8 Å². The van der Waals surface area contributed by atoms with Gasteiger partial charge in [-0.2, -0.15) is 0 Å². The zero-order chi connectivity index (χ0) is 16.3. The summed E-state index contributed by atoms with van der Waals surface area (Å²) in [5.74, 6) is 0.541. The van der Waals surface area contributed by atoms with Crippen LogP contribution in [0.2, 0.25) is 0 Å². The van der Waals surface area contributed by atoms with Gasteiger partial charge in [0, 0.05) is 12.0 Å². The highest BCUT2D eigenvalue weighted by atomic mass is 16.5. The van der Waals surface area contributed by atoms with Crippen molar-refractivity contribution < 1.29 is 14.3 Å². The molecule has 0 radical (unpaired) electrons. The maximum atomic E-state index is 12.5. The van der Waals surface area contributed by atoms with E-state index >= 15 is 0 Å².